The number of hydrogen-bond donors (Lipinski definition) is 0. The number of anilines is 2. The van der Waals surface area contributed by atoms with Crippen molar-refractivity contribution in [2.24, 2.45) is 0 Å². The molecule has 2 aromatic rings. The third-order valence-electron chi connectivity index (χ3n) is 5.29. The van der Waals surface area contributed by atoms with E-state index >= 15 is 0 Å². The van der Waals surface area contributed by atoms with Crippen molar-refractivity contribution in [1.29, 1.82) is 5.26 Å². The van der Waals surface area contributed by atoms with Crippen LogP contribution in [-0.2, 0) is 11.0 Å². The summed E-state index contributed by atoms with van der Waals surface area (Å²) in [7, 11) is 0. The lowest BCUT2D eigenvalue weighted by molar-refractivity contribution is -0.137. The molecule has 0 atom stereocenters. The van der Waals surface area contributed by atoms with Crippen molar-refractivity contribution >= 4 is 34.6 Å². The molecule has 0 radical (unpaired) electrons. The second kappa shape index (κ2) is 6.31. The van der Waals surface area contributed by atoms with Gasteiger partial charge in [0.1, 0.15) is 5.54 Å². The lowest BCUT2D eigenvalue weighted by Gasteiger charge is -2.43. The fraction of sp³-hybridized carbons (Fsp3) is 0.250. The minimum Gasteiger partial charge on any atom is -0.303 e. The van der Waals surface area contributed by atoms with Gasteiger partial charge in [-0.2, -0.15) is 18.4 Å². The Morgan fingerprint density at radius 2 is 1.75 bits per heavy atom. The van der Waals surface area contributed by atoms with Crippen LogP contribution in [0.3, 0.4) is 0 Å². The van der Waals surface area contributed by atoms with E-state index < -0.39 is 22.8 Å². The first-order valence-electron chi connectivity index (χ1n) is 8.65. The van der Waals surface area contributed by atoms with Gasteiger partial charge in [0.05, 0.1) is 22.9 Å². The molecule has 1 heterocycles. The largest absolute Gasteiger partial charge is 0.417 e. The summed E-state index contributed by atoms with van der Waals surface area (Å²) < 4.78 is 40.1. The van der Waals surface area contributed by atoms with E-state index in [0.717, 1.165) is 29.1 Å². The van der Waals surface area contributed by atoms with E-state index in [9.17, 15) is 18.0 Å². The van der Waals surface area contributed by atoms with Gasteiger partial charge in [-0.05, 0) is 61.8 Å². The maximum absolute atomic E-state index is 13.4. The van der Waals surface area contributed by atoms with Crippen LogP contribution in [0.15, 0.2) is 48.5 Å². The fourth-order valence-corrected chi connectivity index (χ4v) is 4.26. The summed E-state index contributed by atoms with van der Waals surface area (Å²) in [5.74, 6) is -0.328. The molecule has 4 nitrogen and oxygen atoms in total. The van der Waals surface area contributed by atoms with Crippen molar-refractivity contribution in [3.05, 3.63) is 59.7 Å². The van der Waals surface area contributed by atoms with Crippen molar-refractivity contribution in [3.8, 4) is 6.07 Å². The summed E-state index contributed by atoms with van der Waals surface area (Å²) in [5.41, 5.74) is -1.68. The van der Waals surface area contributed by atoms with Crippen LogP contribution < -0.4 is 9.80 Å². The van der Waals surface area contributed by atoms with Crippen LogP contribution in [0.5, 0.6) is 0 Å². The Balaban J connectivity index is 1.83. The number of benzene rings is 2. The number of nitrogens with zero attached hydrogens (tertiary/aromatic N) is 3. The van der Waals surface area contributed by atoms with Crippen molar-refractivity contribution in [2.45, 2.75) is 31.0 Å². The summed E-state index contributed by atoms with van der Waals surface area (Å²) in [6, 6.07) is 13.9. The fourth-order valence-electron chi connectivity index (χ4n) is 3.79. The topological polar surface area (TPSA) is 47.3 Å². The molecular formula is C20H14F3N3OS. The number of nitriles is 1. The summed E-state index contributed by atoms with van der Waals surface area (Å²) in [6.45, 7) is 0. The van der Waals surface area contributed by atoms with Gasteiger partial charge in [-0.25, -0.2) is 0 Å². The Bertz CT molecular complexity index is 1010. The SMILES string of the molecule is N#Cc1ccc(N2C(=O)C3(CCC3)N(c3ccccc3)C2=S)cc1C(F)(F)F. The second-order valence-electron chi connectivity index (χ2n) is 6.82. The molecule has 2 fully saturated rings. The molecule has 28 heavy (non-hydrogen) atoms. The molecule has 1 spiro atoms. The van der Waals surface area contributed by atoms with Crippen molar-refractivity contribution in [2.75, 3.05) is 9.80 Å². The van der Waals surface area contributed by atoms with Crippen LogP contribution in [0.25, 0.3) is 0 Å². The van der Waals surface area contributed by atoms with Crippen LogP contribution in [0.4, 0.5) is 24.5 Å². The molecular weight excluding hydrogens is 387 g/mol. The van der Waals surface area contributed by atoms with Gasteiger partial charge in [0, 0.05) is 5.69 Å². The Labute approximate surface area is 164 Å². The van der Waals surface area contributed by atoms with Crippen LogP contribution in [0.1, 0.15) is 30.4 Å². The van der Waals surface area contributed by atoms with Gasteiger partial charge < -0.3 is 4.90 Å². The molecule has 0 unspecified atom stereocenters. The zero-order chi connectivity index (χ0) is 20.1. The zero-order valence-corrected chi connectivity index (χ0v) is 15.3. The van der Waals surface area contributed by atoms with Gasteiger partial charge in [-0.15, -0.1) is 0 Å². The van der Waals surface area contributed by atoms with E-state index in [0.29, 0.717) is 12.8 Å². The number of alkyl halides is 3. The van der Waals surface area contributed by atoms with Crippen LogP contribution in [0, 0.1) is 11.3 Å². The minimum absolute atomic E-state index is 0.0195. The van der Waals surface area contributed by atoms with Crippen molar-refractivity contribution in [1.82, 2.24) is 0 Å². The predicted molar refractivity (Wildman–Crippen MR) is 102 cm³/mol. The number of halogens is 3. The Hall–Kier alpha value is -2.92. The molecule has 1 amide bonds. The monoisotopic (exact) mass is 401 g/mol. The van der Waals surface area contributed by atoms with E-state index in [1.165, 1.54) is 6.07 Å². The molecule has 4 rings (SSSR count). The second-order valence-corrected chi connectivity index (χ2v) is 7.18. The Kier molecular flexibility index (Phi) is 4.16. The highest BCUT2D eigenvalue weighted by atomic mass is 32.1. The molecule has 1 saturated heterocycles. The number of carbonyl (C=O) groups is 1. The highest BCUT2D eigenvalue weighted by Crippen LogP contribution is 2.48. The molecule has 142 valence electrons. The van der Waals surface area contributed by atoms with E-state index in [1.54, 1.807) is 11.0 Å². The van der Waals surface area contributed by atoms with Crippen LogP contribution >= 0.6 is 12.2 Å². The first-order valence-corrected chi connectivity index (χ1v) is 9.05. The molecule has 1 aliphatic heterocycles. The zero-order valence-electron chi connectivity index (χ0n) is 14.5. The van der Waals surface area contributed by atoms with E-state index in [-0.39, 0.29) is 16.7 Å². The third-order valence-corrected chi connectivity index (χ3v) is 5.66. The van der Waals surface area contributed by atoms with Crippen molar-refractivity contribution in [3.63, 3.8) is 0 Å². The summed E-state index contributed by atoms with van der Waals surface area (Å²) >= 11 is 5.53. The van der Waals surface area contributed by atoms with E-state index in [1.807, 2.05) is 30.3 Å². The highest BCUT2D eigenvalue weighted by molar-refractivity contribution is 7.81. The average molecular weight is 401 g/mol. The number of rotatable bonds is 2. The van der Waals surface area contributed by atoms with E-state index in [2.05, 4.69) is 0 Å². The van der Waals surface area contributed by atoms with Crippen molar-refractivity contribution < 1.29 is 18.0 Å². The molecule has 0 bridgehead atoms. The number of carbonyl (C=O) groups excluding carboxylic acids is 1. The number of thiocarbonyl (C=S) groups is 1. The maximum atomic E-state index is 13.4. The predicted octanol–water partition coefficient (Wildman–Crippen LogP) is 4.64. The van der Waals surface area contributed by atoms with Gasteiger partial charge >= 0.3 is 6.18 Å². The lowest BCUT2D eigenvalue weighted by atomic mass is 9.75. The van der Waals surface area contributed by atoms with Gasteiger partial charge in [-0.3, -0.25) is 9.69 Å². The summed E-state index contributed by atoms with van der Waals surface area (Å²) in [5, 5.41) is 9.15. The minimum atomic E-state index is -4.71. The lowest BCUT2D eigenvalue weighted by Crippen LogP contribution is -2.55. The van der Waals surface area contributed by atoms with Gasteiger partial charge in [0.25, 0.3) is 5.91 Å². The standard InChI is InChI=1S/C20H14F3N3OS/c21-20(22,23)16-11-15(8-7-13(16)12-24)25-17(27)19(9-4-10-19)26(18(25)28)14-5-2-1-3-6-14/h1-3,5-8,11H,4,9-10H2. The first kappa shape index (κ1) is 18.4. The molecule has 2 aliphatic rings. The number of hydrogen-bond acceptors (Lipinski definition) is 3. The van der Waals surface area contributed by atoms with Gasteiger partial charge in [0.15, 0.2) is 5.11 Å². The van der Waals surface area contributed by atoms with Gasteiger partial charge in [0.2, 0.25) is 0 Å². The average Bonchev–Trinajstić information content (AvgIpc) is 2.88. The molecule has 8 heteroatoms. The normalized spacial score (nSPS) is 18.4. The van der Waals surface area contributed by atoms with E-state index in [4.69, 9.17) is 17.5 Å². The Morgan fingerprint density at radius 1 is 1.07 bits per heavy atom. The summed E-state index contributed by atoms with van der Waals surface area (Å²) in [6.07, 6.45) is -2.70. The molecule has 1 saturated carbocycles. The smallest absolute Gasteiger partial charge is 0.303 e. The van der Waals surface area contributed by atoms with Crippen LogP contribution in [-0.4, -0.2) is 16.6 Å². The highest BCUT2D eigenvalue weighted by Gasteiger charge is 2.59. The van der Waals surface area contributed by atoms with Crippen LogP contribution in [0.2, 0.25) is 0 Å². The summed E-state index contributed by atoms with van der Waals surface area (Å²) in [4.78, 5) is 16.2. The molecule has 2 aromatic carbocycles. The quantitative estimate of drug-likeness (QED) is 0.688. The number of para-hydroxylation sites is 1. The Morgan fingerprint density at radius 3 is 2.29 bits per heavy atom. The molecule has 0 N–H and O–H groups in total. The maximum Gasteiger partial charge on any atom is 0.417 e. The third kappa shape index (κ3) is 2.58. The molecule has 0 aromatic heterocycles. The number of amides is 1. The first-order chi connectivity index (χ1) is 13.3. The molecule has 1 aliphatic carbocycles. The van der Waals surface area contributed by atoms with Gasteiger partial charge in [-0.1, -0.05) is 18.2 Å².